The van der Waals surface area contributed by atoms with Crippen molar-refractivity contribution in [3.8, 4) is 0 Å². The van der Waals surface area contributed by atoms with Gasteiger partial charge >= 0.3 is 0 Å². The van der Waals surface area contributed by atoms with Crippen LogP contribution in [0.5, 0.6) is 0 Å². The van der Waals surface area contributed by atoms with E-state index in [2.05, 4.69) is 64.1 Å². The average Bonchev–Trinajstić information content (AvgIpc) is 2.47. The number of aromatic nitrogens is 1. The third-order valence-electron chi connectivity index (χ3n) is 3.15. The minimum atomic E-state index is 0.272. The van der Waals surface area contributed by atoms with Gasteiger partial charge in [-0.05, 0) is 71.3 Å². The summed E-state index contributed by atoms with van der Waals surface area (Å²) in [6.07, 6.45) is 5.76. The molecule has 0 aliphatic carbocycles. The van der Waals surface area contributed by atoms with Gasteiger partial charge in [-0.2, -0.15) is 0 Å². The van der Waals surface area contributed by atoms with Gasteiger partial charge in [0, 0.05) is 22.0 Å². The lowest BCUT2D eigenvalue weighted by molar-refractivity contribution is 0.528. The molecule has 20 heavy (non-hydrogen) atoms. The van der Waals surface area contributed by atoms with E-state index in [1.807, 2.05) is 12.3 Å². The Morgan fingerprint density at radius 2 is 2.20 bits per heavy atom. The Kier molecular flexibility index (Phi) is 6.26. The third-order valence-corrected chi connectivity index (χ3v) is 4.72. The van der Waals surface area contributed by atoms with E-state index in [1.165, 1.54) is 11.1 Å². The van der Waals surface area contributed by atoms with Gasteiger partial charge in [-0.3, -0.25) is 4.98 Å². The Labute approximate surface area is 139 Å². The van der Waals surface area contributed by atoms with Crippen molar-refractivity contribution in [1.29, 1.82) is 0 Å². The van der Waals surface area contributed by atoms with Crippen LogP contribution in [0.25, 0.3) is 0 Å². The fraction of sp³-hybridized carbons (Fsp3) is 0.312. The highest BCUT2D eigenvalue weighted by Crippen LogP contribution is 2.25. The van der Waals surface area contributed by atoms with Crippen LogP contribution < -0.4 is 5.32 Å². The number of nitrogens with one attached hydrogen (secondary N) is 1. The molecule has 106 valence electrons. The predicted molar refractivity (Wildman–Crippen MR) is 93.1 cm³/mol. The smallest absolute Gasteiger partial charge is 0.0542 e. The summed E-state index contributed by atoms with van der Waals surface area (Å²) < 4.78 is 1.09. The summed E-state index contributed by atoms with van der Waals surface area (Å²) in [5.41, 5.74) is 2.46. The number of pyridine rings is 1. The first-order valence-corrected chi connectivity index (χ1v) is 8.23. The molecule has 1 aromatic heterocycles. The quantitative estimate of drug-likeness (QED) is 0.716. The van der Waals surface area contributed by atoms with Gasteiger partial charge in [-0.25, -0.2) is 0 Å². The molecule has 0 bridgehead atoms. The molecule has 0 saturated heterocycles. The molecule has 1 unspecified atom stereocenters. The molecule has 2 rings (SSSR count). The maximum Gasteiger partial charge on any atom is 0.0542 e. The number of hydrogen-bond acceptors (Lipinski definition) is 2. The highest BCUT2D eigenvalue weighted by molar-refractivity contribution is 14.1. The zero-order valence-electron chi connectivity index (χ0n) is 11.4. The Morgan fingerprint density at radius 3 is 2.85 bits per heavy atom. The maximum absolute atomic E-state index is 6.25. The first-order chi connectivity index (χ1) is 9.70. The van der Waals surface area contributed by atoms with E-state index in [0.717, 1.165) is 28.0 Å². The molecule has 0 aliphatic rings. The van der Waals surface area contributed by atoms with Gasteiger partial charge in [-0.1, -0.05) is 30.7 Å². The molecule has 0 fully saturated rings. The molecule has 1 heterocycles. The standard InChI is InChI=1S/C16H18ClIN2/c1-2-7-20-16(9-12-4-3-8-19-11-12)13-5-6-15(18)14(17)10-13/h3-6,8,10-11,16,20H,2,7,9H2,1H3. The van der Waals surface area contributed by atoms with E-state index in [1.54, 1.807) is 6.20 Å². The third kappa shape index (κ3) is 4.43. The van der Waals surface area contributed by atoms with Crippen LogP contribution >= 0.6 is 34.2 Å². The van der Waals surface area contributed by atoms with Crippen molar-refractivity contribution >= 4 is 34.2 Å². The zero-order valence-corrected chi connectivity index (χ0v) is 14.4. The lowest BCUT2D eigenvalue weighted by Crippen LogP contribution is -2.24. The second-order valence-corrected chi connectivity index (χ2v) is 6.32. The second kappa shape index (κ2) is 7.96. The minimum Gasteiger partial charge on any atom is -0.310 e. The molecule has 0 amide bonds. The van der Waals surface area contributed by atoms with E-state index in [4.69, 9.17) is 11.6 Å². The summed E-state index contributed by atoms with van der Waals surface area (Å²) in [6, 6.07) is 10.6. The van der Waals surface area contributed by atoms with Crippen molar-refractivity contribution in [2.45, 2.75) is 25.8 Å². The normalized spacial score (nSPS) is 12.3. The van der Waals surface area contributed by atoms with Gasteiger partial charge < -0.3 is 5.32 Å². The minimum absolute atomic E-state index is 0.272. The van der Waals surface area contributed by atoms with Crippen molar-refractivity contribution in [2.75, 3.05) is 6.54 Å². The lowest BCUT2D eigenvalue weighted by Gasteiger charge is -2.19. The average molecular weight is 401 g/mol. The summed E-state index contributed by atoms with van der Waals surface area (Å²) in [5.74, 6) is 0. The fourth-order valence-electron chi connectivity index (χ4n) is 2.11. The number of hydrogen-bond donors (Lipinski definition) is 1. The molecule has 2 aromatic rings. The molecule has 0 radical (unpaired) electrons. The molecule has 1 atom stereocenters. The molecule has 2 nitrogen and oxygen atoms in total. The molecule has 0 saturated carbocycles. The fourth-order valence-corrected chi connectivity index (χ4v) is 2.63. The number of halogens is 2. The van der Waals surface area contributed by atoms with Crippen LogP contribution in [-0.2, 0) is 6.42 Å². The van der Waals surface area contributed by atoms with Gasteiger partial charge in [0.2, 0.25) is 0 Å². The number of benzene rings is 1. The second-order valence-electron chi connectivity index (χ2n) is 4.75. The zero-order chi connectivity index (χ0) is 14.4. The van der Waals surface area contributed by atoms with Crippen molar-refractivity contribution < 1.29 is 0 Å². The van der Waals surface area contributed by atoms with Crippen molar-refractivity contribution in [1.82, 2.24) is 10.3 Å². The summed E-state index contributed by atoms with van der Waals surface area (Å²) in [4.78, 5) is 4.19. The van der Waals surface area contributed by atoms with Gasteiger partial charge in [0.05, 0.1) is 5.02 Å². The van der Waals surface area contributed by atoms with Crippen LogP contribution in [0.3, 0.4) is 0 Å². The van der Waals surface area contributed by atoms with Crippen LogP contribution in [0, 0.1) is 3.57 Å². The monoisotopic (exact) mass is 400 g/mol. The van der Waals surface area contributed by atoms with Crippen LogP contribution in [-0.4, -0.2) is 11.5 Å². The largest absolute Gasteiger partial charge is 0.310 e. The Bertz CT molecular complexity index is 545. The van der Waals surface area contributed by atoms with Crippen LogP contribution in [0.15, 0.2) is 42.7 Å². The van der Waals surface area contributed by atoms with E-state index < -0.39 is 0 Å². The number of rotatable bonds is 6. The molecule has 0 spiro atoms. The van der Waals surface area contributed by atoms with Crippen molar-refractivity contribution in [3.05, 3.63) is 62.4 Å². The Morgan fingerprint density at radius 1 is 1.35 bits per heavy atom. The Hall–Kier alpha value is -0.650. The number of nitrogens with zero attached hydrogens (tertiary/aromatic N) is 1. The van der Waals surface area contributed by atoms with Crippen LogP contribution in [0.4, 0.5) is 0 Å². The maximum atomic E-state index is 6.25. The van der Waals surface area contributed by atoms with Gasteiger partial charge in [0.15, 0.2) is 0 Å². The van der Waals surface area contributed by atoms with E-state index in [0.29, 0.717) is 0 Å². The molecular formula is C16H18ClIN2. The summed E-state index contributed by atoms with van der Waals surface area (Å²) >= 11 is 8.50. The molecular weight excluding hydrogens is 383 g/mol. The SMILES string of the molecule is CCCNC(Cc1cccnc1)c1ccc(I)c(Cl)c1. The predicted octanol–water partition coefficient (Wildman–Crippen LogP) is 4.62. The van der Waals surface area contributed by atoms with Crippen LogP contribution in [0.2, 0.25) is 5.02 Å². The first-order valence-electron chi connectivity index (χ1n) is 6.78. The van der Waals surface area contributed by atoms with Crippen molar-refractivity contribution in [3.63, 3.8) is 0 Å². The summed E-state index contributed by atoms with van der Waals surface area (Å²) in [7, 11) is 0. The van der Waals surface area contributed by atoms with Crippen molar-refractivity contribution in [2.24, 2.45) is 0 Å². The van der Waals surface area contributed by atoms with Gasteiger partial charge in [0.1, 0.15) is 0 Å². The highest BCUT2D eigenvalue weighted by atomic mass is 127. The molecule has 4 heteroatoms. The first kappa shape index (κ1) is 15.7. The lowest BCUT2D eigenvalue weighted by atomic mass is 10.00. The van der Waals surface area contributed by atoms with Gasteiger partial charge in [0.25, 0.3) is 0 Å². The highest BCUT2D eigenvalue weighted by Gasteiger charge is 2.13. The summed E-state index contributed by atoms with van der Waals surface area (Å²) in [5, 5.41) is 4.41. The molecule has 1 aromatic carbocycles. The molecule has 0 aliphatic heterocycles. The van der Waals surface area contributed by atoms with Gasteiger partial charge in [-0.15, -0.1) is 0 Å². The Balaban J connectivity index is 2.20. The molecule has 1 N–H and O–H groups in total. The topological polar surface area (TPSA) is 24.9 Å². The van der Waals surface area contributed by atoms with Crippen LogP contribution in [0.1, 0.15) is 30.5 Å². The van der Waals surface area contributed by atoms with E-state index in [9.17, 15) is 0 Å². The van der Waals surface area contributed by atoms with E-state index >= 15 is 0 Å². The summed E-state index contributed by atoms with van der Waals surface area (Å²) in [6.45, 7) is 3.17. The van der Waals surface area contributed by atoms with E-state index in [-0.39, 0.29) is 6.04 Å².